The monoisotopic (exact) mass is 247 g/mol. The minimum Gasteiger partial charge on any atom is -0.404 e. The highest BCUT2D eigenvalue weighted by Gasteiger charge is 2.33. The van der Waals surface area contributed by atoms with Crippen LogP contribution in [0.15, 0.2) is 12.3 Å². The zero-order chi connectivity index (χ0) is 13.1. The van der Waals surface area contributed by atoms with Crippen LogP contribution in [-0.2, 0) is 6.42 Å². The molecule has 0 aromatic carbocycles. The fraction of sp³-hybridized carbons (Fsp3) is 0.250. The molecule has 17 heavy (non-hydrogen) atoms. The summed E-state index contributed by atoms with van der Waals surface area (Å²) in [7, 11) is 0. The number of hydrogen-bond acceptors (Lipinski definition) is 5. The van der Waals surface area contributed by atoms with Crippen molar-refractivity contribution in [3.8, 4) is 11.8 Å². The second kappa shape index (κ2) is 4.65. The fourth-order valence-electron chi connectivity index (χ4n) is 0.983. The Bertz CT molecular complexity index is 481. The van der Waals surface area contributed by atoms with E-state index in [0.29, 0.717) is 6.07 Å². The number of aromatic nitrogens is 1. The number of hydrogen-bond donors (Lipinski definition) is 0. The topological polar surface area (TPSA) is 89.0 Å². The van der Waals surface area contributed by atoms with Gasteiger partial charge in [0, 0.05) is 0 Å². The van der Waals surface area contributed by atoms with E-state index in [4.69, 9.17) is 5.26 Å². The van der Waals surface area contributed by atoms with Gasteiger partial charge in [0.1, 0.15) is 6.20 Å². The first kappa shape index (κ1) is 12.7. The molecule has 0 saturated carbocycles. The Morgan fingerprint density at radius 2 is 2.24 bits per heavy atom. The molecule has 0 amide bonds. The summed E-state index contributed by atoms with van der Waals surface area (Å²) >= 11 is 0. The molecule has 0 aliphatic rings. The van der Waals surface area contributed by atoms with Crippen molar-refractivity contribution in [3.05, 3.63) is 28.1 Å². The van der Waals surface area contributed by atoms with Gasteiger partial charge >= 0.3 is 6.36 Å². The lowest BCUT2D eigenvalue weighted by Crippen LogP contribution is -2.18. The fourth-order valence-corrected chi connectivity index (χ4v) is 0.983. The maximum Gasteiger partial charge on any atom is 0.573 e. The Morgan fingerprint density at radius 3 is 2.71 bits per heavy atom. The smallest absolute Gasteiger partial charge is 0.404 e. The lowest BCUT2D eigenvalue weighted by molar-refractivity contribution is -0.385. The van der Waals surface area contributed by atoms with E-state index in [2.05, 4.69) is 9.72 Å². The summed E-state index contributed by atoms with van der Waals surface area (Å²) in [6.45, 7) is 0. The molecule has 0 spiro atoms. The van der Waals surface area contributed by atoms with Crippen LogP contribution < -0.4 is 4.74 Å². The Hall–Kier alpha value is -2.37. The highest BCUT2D eigenvalue weighted by Crippen LogP contribution is 2.28. The van der Waals surface area contributed by atoms with Crippen LogP contribution in [0.4, 0.5) is 18.9 Å². The highest BCUT2D eigenvalue weighted by atomic mass is 19.4. The van der Waals surface area contributed by atoms with Crippen molar-refractivity contribution in [1.29, 1.82) is 5.26 Å². The summed E-state index contributed by atoms with van der Waals surface area (Å²) in [5, 5.41) is 18.7. The first-order valence-electron chi connectivity index (χ1n) is 4.09. The van der Waals surface area contributed by atoms with Gasteiger partial charge in [-0.25, -0.2) is 4.98 Å². The number of ether oxygens (including phenoxy) is 1. The van der Waals surface area contributed by atoms with Crippen molar-refractivity contribution in [2.75, 3.05) is 0 Å². The van der Waals surface area contributed by atoms with Crippen LogP contribution in [0.5, 0.6) is 5.75 Å². The summed E-state index contributed by atoms with van der Waals surface area (Å²) < 4.78 is 39.5. The summed E-state index contributed by atoms with van der Waals surface area (Å²) in [6, 6.07) is 2.16. The van der Waals surface area contributed by atoms with Crippen LogP contribution in [-0.4, -0.2) is 16.3 Å². The van der Waals surface area contributed by atoms with Crippen LogP contribution in [0, 0.1) is 21.4 Å². The molecule has 0 unspecified atom stereocenters. The molecule has 0 aliphatic heterocycles. The molecule has 0 bridgehead atoms. The highest BCUT2D eigenvalue weighted by molar-refractivity contribution is 5.40. The summed E-state index contributed by atoms with van der Waals surface area (Å²) in [6.07, 6.45) is -4.68. The molecule has 0 atom stereocenters. The van der Waals surface area contributed by atoms with Gasteiger partial charge in [-0.2, -0.15) is 5.26 Å². The zero-order valence-corrected chi connectivity index (χ0v) is 8.06. The van der Waals surface area contributed by atoms with Crippen molar-refractivity contribution in [3.63, 3.8) is 0 Å². The second-order valence-corrected chi connectivity index (χ2v) is 2.78. The van der Waals surface area contributed by atoms with Gasteiger partial charge in [-0.1, -0.05) is 0 Å². The van der Waals surface area contributed by atoms with E-state index in [-0.39, 0.29) is 5.69 Å². The van der Waals surface area contributed by atoms with Crippen molar-refractivity contribution >= 4 is 5.69 Å². The van der Waals surface area contributed by atoms with Crippen molar-refractivity contribution in [1.82, 2.24) is 4.98 Å². The lowest BCUT2D eigenvalue weighted by Gasteiger charge is -2.10. The van der Waals surface area contributed by atoms with Crippen LogP contribution in [0.1, 0.15) is 5.69 Å². The van der Waals surface area contributed by atoms with E-state index in [1.165, 1.54) is 0 Å². The molecule has 1 aromatic rings. The van der Waals surface area contributed by atoms with Crippen molar-refractivity contribution in [2.24, 2.45) is 0 Å². The molecule has 0 fully saturated rings. The SMILES string of the molecule is N#CCc1ncc([N+](=O)[O-])cc1OC(F)(F)F. The van der Waals surface area contributed by atoms with Gasteiger partial charge in [0.05, 0.1) is 29.2 Å². The molecule has 1 rings (SSSR count). The van der Waals surface area contributed by atoms with E-state index >= 15 is 0 Å². The van der Waals surface area contributed by atoms with Crippen LogP contribution in [0.3, 0.4) is 0 Å². The first-order valence-corrected chi connectivity index (χ1v) is 4.09. The number of nitriles is 1. The Labute approximate surface area is 92.4 Å². The molecule has 0 N–H and O–H groups in total. The molecule has 1 heterocycles. The minimum absolute atomic E-state index is 0.310. The quantitative estimate of drug-likeness (QED) is 0.601. The zero-order valence-electron chi connectivity index (χ0n) is 8.06. The van der Waals surface area contributed by atoms with E-state index in [1.54, 1.807) is 6.07 Å². The van der Waals surface area contributed by atoms with Crippen LogP contribution in [0.25, 0.3) is 0 Å². The number of halogens is 3. The van der Waals surface area contributed by atoms with Gasteiger partial charge < -0.3 is 4.74 Å². The maximum atomic E-state index is 12.0. The molecule has 0 radical (unpaired) electrons. The Kier molecular flexibility index (Phi) is 3.47. The minimum atomic E-state index is -5.00. The maximum absolute atomic E-state index is 12.0. The van der Waals surface area contributed by atoms with E-state index in [9.17, 15) is 23.3 Å². The van der Waals surface area contributed by atoms with Crippen molar-refractivity contribution < 1.29 is 22.8 Å². The standard InChI is InChI=1S/C8H4F3N3O3/c9-8(10,11)17-7-3-5(14(15)16)4-13-6(7)1-2-12/h3-4H,1H2. The van der Waals surface area contributed by atoms with Crippen LogP contribution in [0.2, 0.25) is 0 Å². The number of nitrogens with zero attached hydrogens (tertiary/aromatic N) is 3. The van der Waals surface area contributed by atoms with Crippen molar-refractivity contribution in [2.45, 2.75) is 12.8 Å². The number of nitro groups is 1. The third-order valence-electron chi connectivity index (χ3n) is 1.60. The number of alkyl halides is 3. The predicted octanol–water partition coefficient (Wildman–Crippen LogP) is 1.95. The average molecular weight is 247 g/mol. The number of rotatable bonds is 3. The van der Waals surface area contributed by atoms with Gasteiger partial charge in [0.2, 0.25) is 0 Å². The summed E-state index contributed by atoms with van der Waals surface area (Å²) in [5.41, 5.74) is -0.957. The third-order valence-corrected chi connectivity index (χ3v) is 1.60. The average Bonchev–Trinajstić information content (AvgIpc) is 2.18. The van der Waals surface area contributed by atoms with Gasteiger partial charge in [0.15, 0.2) is 5.75 Å². The number of pyridine rings is 1. The second-order valence-electron chi connectivity index (χ2n) is 2.78. The van der Waals surface area contributed by atoms with Gasteiger partial charge in [-0.3, -0.25) is 10.1 Å². The van der Waals surface area contributed by atoms with Crippen LogP contribution >= 0.6 is 0 Å². The predicted molar refractivity (Wildman–Crippen MR) is 46.9 cm³/mol. The molecule has 9 heteroatoms. The molecule has 0 aliphatic carbocycles. The van der Waals surface area contributed by atoms with Gasteiger partial charge in [-0.05, 0) is 0 Å². The Morgan fingerprint density at radius 1 is 1.59 bits per heavy atom. The van der Waals surface area contributed by atoms with Gasteiger partial charge in [0.25, 0.3) is 5.69 Å². The van der Waals surface area contributed by atoms with Gasteiger partial charge in [-0.15, -0.1) is 13.2 Å². The molecule has 6 nitrogen and oxygen atoms in total. The summed E-state index contributed by atoms with van der Waals surface area (Å²) in [5.74, 6) is -0.840. The molecule has 90 valence electrons. The Balaban J connectivity index is 3.16. The molecular formula is C8H4F3N3O3. The largest absolute Gasteiger partial charge is 0.573 e. The normalized spacial score (nSPS) is 10.7. The van der Waals surface area contributed by atoms with E-state index in [1.807, 2.05) is 0 Å². The summed E-state index contributed by atoms with van der Waals surface area (Å²) in [4.78, 5) is 12.8. The molecular weight excluding hydrogens is 243 g/mol. The lowest BCUT2D eigenvalue weighted by atomic mass is 10.2. The van der Waals surface area contributed by atoms with E-state index in [0.717, 1.165) is 6.20 Å². The molecule has 1 aromatic heterocycles. The first-order chi connectivity index (χ1) is 7.83. The molecule has 0 saturated heterocycles. The third kappa shape index (κ3) is 3.60. The van der Waals surface area contributed by atoms with E-state index < -0.39 is 29.1 Å².